The molecule has 1 aliphatic carbocycles. The van der Waals surface area contributed by atoms with Gasteiger partial charge in [0.2, 0.25) is 0 Å². The largest absolute Gasteiger partial charge is 0.497 e. The molecule has 0 atom stereocenters. The number of ether oxygens (including phenoxy) is 2. The van der Waals surface area contributed by atoms with Crippen LogP contribution in [0.15, 0.2) is 66.7 Å². The summed E-state index contributed by atoms with van der Waals surface area (Å²) < 4.78 is 10.7. The van der Waals surface area contributed by atoms with Crippen LogP contribution in [-0.2, 0) is 0 Å². The third-order valence-electron chi connectivity index (χ3n) is 6.65. The monoisotopic (exact) mass is 428 g/mol. The van der Waals surface area contributed by atoms with E-state index in [1.807, 2.05) is 6.07 Å². The van der Waals surface area contributed by atoms with E-state index in [0.717, 1.165) is 26.2 Å². The van der Waals surface area contributed by atoms with Crippen molar-refractivity contribution in [1.29, 1.82) is 0 Å². The minimum atomic E-state index is 0.0609. The zero-order chi connectivity index (χ0) is 22.1. The normalized spacial score (nSPS) is 16.4. The predicted octanol–water partition coefficient (Wildman–Crippen LogP) is 4.27. The van der Waals surface area contributed by atoms with Crippen LogP contribution in [0.1, 0.15) is 27.5 Å². The van der Waals surface area contributed by atoms with E-state index in [4.69, 9.17) is 9.47 Å². The summed E-state index contributed by atoms with van der Waals surface area (Å²) >= 11 is 0. The Morgan fingerprint density at radius 3 is 2.06 bits per heavy atom. The number of benzene rings is 3. The highest BCUT2D eigenvalue weighted by atomic mass is 16.5. The molecule has 0 bridgehead atoms. The number of hydrogen-bond donors (Lipinski definition) is 0. The lowest BCUT2D eigenvalue weighted by atomic mass is 10.0. The Balaban J connectivity index is 1.29. The number of rotatable bonds is 6. The molecule has 0 N–H and O–H groups in total. The van der Waals surface area contributed by atoms with Crippen molar-refractivity contribution >= 4 is 5.78 Å². The molecule has 5 rings (SSSR count). The van der Waals surface area contributed by atoms with E-state index in [0.29, 0.717) is 29.6 Å². The number of piperazine rings is 1. The van der Waals surface area contributed by atoms with Crippen LogP contribution in [0.3, 0.4) is 0 Å². The Labute approximate surface area is 189 Å². The van der Waals surface area contributed by atoms with Crippen LogP contribution in [0.25, 0.3) is 11.1 Å². The predicted molar refractivity (Wildman–Crippen MR) is 126 cm³/mol. The van der Waals surface area contributed by atoms with Crippen molar-refractivity contribution in [3.8, 4) is 22.6 Å². The van der Waals surface area contributed by atoms with Gasteiger partial charge in [0.05, 0.1) is 32.4 Å². The summed E-state index contributed by atoms with van der Waals surface area (Å²) in [5.74, 6) is 1.32. The van der Waals surface area contributed by atoms with Crippen LogP contribution in [0.4, 0.5) is 0 Å². The molecule has 3 aromatic rings. The molecule has 0 spiro atoms. The van der Waals surface area contributed by atoms with Crippen molar-refractivity contribution in [1.82, 2.24) is 9.80 Å². The number of carbonyl (C=O) groups excluding carboxylic acids is 1. The molecule has 0 radical (unpaired) electrons. The molecule has 0 unspecified atom stereocenters. The van der Waals surface area contributed by atoms with E-state index in [-0.39, 0.29) is 5.78 Å². The lowest BCUT2D eigenvalue weighted by molar-refractivity contribution is 0.0808. The zero-order valence-electron chi connectivity index (χ0n) is 18.6. The van der Waals surface area contributed by atoms with Gasteiger partial charge in [0.1, 0.15) is 11.5 Å². The SMILES string of the molecule is COc1ccc(OC)c(C(=O)CN2CCN(C3c4ccccc4-c4ccccc43)CC2)c1. The van der Waals surface area contributed by atoms with E-state index < -0.39 is 0 Å². The third-order valence-corrected chi connectivity index (χ3v) is 6.65. The van der Waals surface area contributed by atoms with Crippen molar-refractivity contribution in [2.24, 2.45) is 0 Å². The van der Waals surface area contributed by atoms with Crippen molar-refractivity contribution in [3.05, 3.63) is 83.4 Å². The van der Waals surface area contributed by atoms with Crippen LogP contribution in [0.2, 0.25) is 0 Å². The maximum Gasteiger partial charge on any atom is 0.180 e. The number of nitrogens with zero attached hydrogens (tertiary/aromatic N) is 2. The number of methoxy groups -OCH3 is 2. The first kappa shape index (κ1) is 20.7. The van der Waals surface area contributed by atoms with Gasteiger partial charge in [-0.1, -0.05) is 48.5 Å². The summed E-state index contributed by atoms with van der Waals surface area (Å²) in [6.45, 7) is 3.96. The van der Waals surface area contributed by atoms with Gasteiger partial charge in [-0.05, 0) is 40.5 Å². The molecular formula is C27H28N2O3. The fourth-order valence-corrected chi connectivity index (χ4v) is 5.02. The third kappa shape index (κ3) is 3.68. The van der Waals surface area contributed by atoms with Crippen LogP contribution < -0.4 is 9.47 Å². The van der Waals surface area contributed by atoms with Crippen molar-refractivity contribution < 1.29 is 14.3 Å². The van der Waals surface area contributed by atoms with E-state index in [2.05, 4.69) is 58.3 Å². The summed E-state index contributed by atoms with van der Waals surface area (Å²) in [4.78, 5) is 17.8. The molecule has 2 aliphatic rings. The molecule has 0 amide bonds. The lowest BCUT2D eigenvalue weighted by Gasteiger charge is -2.38. The standard InChI is InChI=1S/C27H28N2O3/c1-31-19-11-12-26(32-2)24(17-19)25(30)18-28-13-15-29(16-14-28)27-22-9-5-3-7-20(22)21-8-4-6-10-23(21)27/h3-12,17,27H,13-16,18H2,1-2H3. The topological polar surface area (TPSA) is 42.0 Å². The van der Waals surface area contributed by atoms with E-state index in [1.165, 1.54) is 22.3 Å². The molecule has 1 fully saturated rings. The second-order valence-corrected chi connectivity index (χ2v) is 8.38. The number of fused-ring (bicyclic) bond motifs is 3. The minimum Gasteiger partial charge on any atom is -0.497 e. The number of carbonyl (C=O) groups is 1. The average Bonchev–Trinajstić information content (AvgIpc) is 3.18. The first-order chi connectivity index (χ1) is 15.7. The van der Waals surface area contributed by atoms with E-state index >= 15 is 0 Å². The van der Waals surface area contributed by atoms with Crippen molar-refractivity contribution in [2.75, 3.05) is 46.9 Å². The van der Waals surface area contributed by atoms with Crippen molar-refractivity contribution in [2.45, 2.75) is 6.04 Å². The second-order valence-electron chi connectivity index (χ2n) is 8.38. The van der Waals surface area contributed by atoms with Gasteiger partial charge < -0.3 is 9.47 Å². The smallest absolute Gasteiger partial charge is 0.180 e. The maximum atomic E-state index is 13.0. The Hall–Kier alpha value is -3.15. The maximum absolute atomic E-state index is 13.0. The highest BCUT2D eigenvalue weighted by Crippen LogP contribution is 2.46. The summed E-state index contributed by atoms with van der Waals surface area (Å²) in [7, 11) is 3.20. The van der Waals surface area contributed by atoms with Gasteiger partial charge in [0, 0.05) is 26.2 Å². The number of ketones is 1. The van der Waals surface area contributed by atoms with Gasteiger partial charge in [-0.25, -0.2) is 0 Å². The molecule has 5 nitrogen and oxygen atoms in total. The van der Waals surface area contributed by atoms with Crippen LogP contribution in [-0.4, -0.2) is 62.5 Å². The highest BCUT2D eigenvalue weighted by Gasteiger charge is 2.34. The fraction of sp³-hybridized carbons (Fsp3) is 0.296. The van der Waals surface area contributed by atoms with E-state index in [9.17, 15) is 4.79 Å². The molecule has 1 aliphatic heterocycles. The Kier molecular flexibility index (Phi) is 5.68. The summed E-state index contributed by atoms with van der Waals surface area (Å²) in [6.07, 6.45) is 0. The summed E-state index contributed by atoms with van der Waals surface area (Å²) in [5, 5.41) is 0. The first-order valence-corrected chi connectivity index (χ1v) is 11.1. The first-order valence-electron chi connectivity index (χ1n) is 11.1. The minimum absolute atomic E-state index is 0.0609. The van der Waals surface area contributed by atoms with Crippen LogP contribution in [0, 0.1) is 0 Å². The molecule has 1 heterocycles. The van der Waals surface area contributed by atoms with E-state index in [1.54, 1.807) is 26.4 Å². The molecule has 0 saturated carbocycles. The molecule has 5 heteroatoms. The Morgan fingerprint density at radius 1 is 0.844 bits per heavy atom. The summed E-state index contributed by atoms with van der Waals surface area (Å²) in [5.41, 5.74) is 6.04. The molecule has 0 aromatic heterocycles. The molecule has 1 saturated heterocycles. The summed E-state index contributed by atoms with van der Waals surface area (Å²) in [6, 6.07) is 23.1. The van der Waals surface area contributed by atoms with Crippen molar-refractivity contribution in [3.63, 3.8) is 0 Å². The molecule has 3 aromatic carbocycles. The van der Waals surface area contributed by atoms with Gasteiger partial charge >= 0.3 is 0 Å². The number of hydrogen-bond acceptors (Lipinski definition) is 5. The zero-order valence-corrected chi connectivity index (χ0v) is 18.6. The van der Waals surface area contributed by atoms with Gasteiger partial charge in [0.25, 0.3) is 0 Å². The molecule has 32 heavy (non-hydrogen) atoms. The molecular weight excluding hydrogens is 400 g/mol. The Bertz CT molecular complexity index is 1090. The highest BCUT2D eigenvalue weighted by molar-refractivity contribution is 6.00. The fourth-order valence-electron chi connectivity index (χ4n) is 5.02. The van der Waals surface area contributed by atoms with Crippen LogP contribution >= 0.6 is 0 Å². The lowest BCUT2D eigenvalue weighted by Crippen LogP contribution is -2.48. The van der Waals surface area contributed by atoms with Gasteiger partial charge in [-0.2, -0.15) is 0 Å². The number of Topliss-reactive ketones (excluding diaryl/α,β-unsaturated/α-hetero) is 1. The average molecular weight is 429 g/mol. The van der Waals surface area contributed by atoms with Crippen LogP contribution in [0.5, 0.6) is 11.5 Å². The Morgan fingerprint density at radius 2 is 1.47 bits per heavy atom. The second kappa shape index (κ2) is 8.77. The van der Waals surface area contributed by atoms with Gasteiger partial charge in [-0.3, -0.25) is 14.6 Å². The van der Waals surface area contributed by atoms with Gasteiger partial charge in [0.15, 0.2) is 5.78 Å². The van der Waals surface area contributed by atoms with Gasteiger partial charge in [-0.15, -0.1) is 0 Å². The molecule has 164 valence electrons. The quantitative estimate of drug-likeness (QED) is 0.549.